The lowest BCUT2D eigenvalue weighted by atomic mass is 9.92. The lowest BCUT2D eigenvalue weighted by Crippen LogP contribution is -2.40. The van der Waals surface area contributed by atoms with Gasteiger partial charge in [-0.3, -0.25) is 0 Å². The number of hydrogen-bond donors (Lipinski definition) is 1. The van der Waals surface area contributed by atoms with E-state index in [4.69, 9.17) is 4.74 Å². The fraction of sp³-hybridized carbons (Fsp3) is 0.778. The van der Waals surface area contributed by atoms with Gasteiger partial charge in [-0.1, -0.05) is 20.4 Å². The number of ether oxygens (including phenoxy) is 1. The molecule has 0 radical (unpaired) electrons. The molecule has 0 amide bonds. The van der Waals surface area contributed by atoms with Crippen molar-refractivity contribution in [3.05, 3.63) is 12.8 Å². The van der Waals surface area contributed by atoms with Gasteiger partial charge in [-0.05, 0) is 19.8 Å². The molecule has 0 aromatic heterocycles. The van der Waals surface area contributed by atoms with Gasteiger partial charge < -0.3 is 9.84 Å². The summed E-state index contributed by atoms with van der Waals surface area (Å²) in [4.78, 5) is 0. The van der Waals surface area contributed by atoms with Crippen LogP contribution in [0.25, 0.3) is 0 Å². The summed E-state index contributed by atoms with van der Waals surface area (Å²) in [6.45, 7) is 10.9. The maximum absolute atomic E-state index is 9.61. The molecule has 0 fully saturated rings. The van der Waals surface area contributed by atoms with Gasteiger partial charge in [0.1, 0.15) is 6.10 Å². The van der Waals surface area contributed by atoms with Crippen molar-refractivity contribution in [1.29, 1.82) is 0 Å². The number of rotatable bonds is 4. The van der Waals surface area contributed by atoms with Gasteiger partial charge in [-0.15, -0.1) is 0 Å². The van der Waals surface area contributed by atoms with E-state index in [2.05, 4.69) is 6.58 Å². The van der Waals surface area contributed by atoms with E-state index in [1.165, 1.54) is 6.26 Å². The highest BCUT2D eigenvalue weighted by Crippen LogP contribution is 2.20. The average molecular weight is 158 g/mol. The molecule has 0 aliphatic carbocycles. The summed E-state index contributed by atoms with van der Waals surface area (Å²) in [5.41, 5.74) is -0.803. The Balaban J connectivity index is 4.21. The molecule has 0 unspecified atom stereocenters. The van der Waals surface area contributed by atoms with Crippen LogP contribution in [0.4, 0.5) is 0 Å². The van der Waals surface area contributed by atoms with E-state index in [0.717, 1.165) is 0 Å². The Morgan fingerprint density at radius 1 is 1.45 bits per heavy atom. The molecule has 0 spiro atoms. The van der Waals surface area contributed by atoms with Gasteiger partial charge >= 0.3 is 0 Å². The molecule has 0 saturated heterocycles. The maximum Gasteiger partial charge on any atom is 0.128 e. The van der Waals surface area contributed by atoms with Crippen molar-refractivity contribution in [2.75, 3.05) is 0 Å². The molecule has 0 rings (SSSR count). The van der Waals surface area contributed by atoms with E-state index in [9.17, 15) is 5.11 Å². The molecule has 66 valence electrons. The third-order valence-electron chi connectivity index (χ3n) is 1.54. The summed E-state index contributed by atoms with van der Waals surface area (Å²) in [6.07, 6.45) is 1.20. The Labute approximate surface area is 68.9 Å². The second-order valence-electron chi connectivity index (χ2n) is 3.62. The molecule has 0 bridgehead atoms. The third kappa shape index (κ3) is 3.42. The molecule has 2 heteroatoms. The summed E-state index contributed by atoms with van der Waals surface area (Å²) in [6, 6.07) is 0. The smallest absolute Gasteiger partial charge is 0.128 e. The van der Waals surface area contributed by atoms with E-state index in [-0.39, 0.29) is 12.0 Å². The van der Waals surface area contributed by atoms with Crippen LogP contribution in [-0.4, -0.2) is 16.8 Å². The van der Waals surface area contributed by atoms with Gasteiger partial charge in [-0.25, -0.2) is 0 Å². The molecule has 2 nitrogen and oxygen atoms in total. The average Bonchev–Trinajstić information content (AvgIpc) is 1.79. The van der Waals surface area contributed by atoms with E-state index in [1.54, 1.807) is 13.8 Å². The minimum absolute atomic E-state index is 0.181. The van der Waals surface area contributed by atoms with Crippen LogP contribution >= 0.6 is 0 Å². The first-order valence-corrected chi connectivity index (χ1v) is 3.88. The predicted molar refractivity (Wildman–Crippen MR) is 46.2 cm³/mol. The lowest BCUT2D eigenvalue weighted by molar-refractivity contribution is -0.0757. The highest BCUT2D eigenvalue weighted by atomic mass is 16.5. The highest BCUT2D eigenvalue weighted by molar-refractivity contribution is 4.82. The van der Waals surface area contributed by atoms with Gasteiger partial charge in [-0.2, -0.15) is 0 Å². The zero-order chi connectivity index (χ0) is 9.07. The molecular formula is C9H18O2. The first-order chi connectivity index (χ1) is 4.89. The second kappa shape index (κ2) is 3.77. The molecule has 0 aliphatic heterocycles. The largest absolute Gasteiger partial charge is 0.495 e. The van der Waals surface area contributed by atoms with Gasteiger partial charge in [0.2, 0.25) is 0 Å². The summed E-state index contributed by atoms with van der Waals surface area (Å²) < 4.78 is 5.18. The SMILES string of the molecule is C=CO[C@@H](C(C)C)C(C)(C)O. The first-order valence-electron chi connectivity index (χ1n) is 3.88. The Morgan fingerprint density at radius 2 is 1.91 bits per heavy atom. The van der Waals surface area contributed by atoms with Crippen molar-refractivity contribution in [2.45, 2.75) is 39.4 Å². The molecule has 1 atom stereocenters. The van der Waals surface area contributed by atoms with Crippen LogP contribution < -0.4 is 0 Å². The van der Waals surface area contributed by atoms with E-state index >= 15 is 0 Å². The highest BCUT2D eigenvalue weighted by Gasteiger charge is 2.30. The zero-order valence-corrected chi connectivity index (χ0v) is 7.79. The zero-order valence-electron chi connectivity index (χ0n) is 7.79. The van der Waals surface area contributed by atoms with Crippen molar-refractivity contribution in [3.63, 3.8) is 0 Å². The van der Waals surface area contributed by atoms with Crippen LogP contribution in [0.3, 0.4) is 0 Å². The van der Waals surface area contributed by atoms with Gasteiger partial charge in [0.05, 0.1) is 11.9 Å². The molecule has 0 aromatic carbocycles. The summed E-state index contributed by atoms with van der Waals surface area (Å²) >= 11 is 0. The van der Waals surface area contributed by atoms with Crippen molar-refractivity contribution in [3.8, 4) is 0 Å². The van der Waals surface area contributed by atoms with Gasteiger partial charge in [0.25, 0.3) is 0 Å². The van der Waals surface area contributed by atoms with E-state index < -0.39 is 5.60 Å². The molecule has 0 aliphatic rings. The monoisotopic (exact) mass is 158 g/mol. The van der Waals surface area contributed by atoms with Crippen LogP contribution in [0.15, 0.2) is 12.8 Å². The van der Waals surface area contributed by atoms with Crippen molar-refractivity contribution in [2.24, 2.45) is 5.92 Å². The Hall–Kier alpha value is -0.500. The van der Waals surface area contributed by atoms with Crippen molar-refractivity contribution < 1.29 is 9.84 Å². The maximum atomic E-state index is 9.61. The normalized spacial score (nSPS) is 14.7. The molecule has 11 heavy (non-hydrogen) atoms. The van der Waals surface area contributed by atoms with Crippen molar-refractivity contribution >= 4 is 0 Å². The second-order valence-corrected chi connectivity index (χ2v) is 3.62. The summed E-state index contributed by atoms with van der Waals surface area (Å²) in [5.74, 6) is 0.285. The molecular weight excluding hydrogens is 140 g/mol. The lowest BCUT2D eigenvalue weighted by Gasteiger charge is -2.31. The summed E-state index contributed by atoms with van der Waals surface area (Å²) in [7, 11) is 0. The van der Waals surface area contributed by atoms with Gasteiger partial charge in [0.15, 0.2) is 0 Å². The standard InChI is InChI=1S/C9H18O2/c1-6-11-8(7(2)3)9(4,5)10/h6-8,10H,1H2,2-5H3/t8-/m0/s1. The van der Waals surface area contributed by atoms with Crippen LogP contribution in [-0.2, 0) is 4.74 Å². The van der Waals surface area contributed by atoms with Crippen LogP contribution in [0, 0.1) is 5.92 Å². The van der Waals surface area contributed by atoms with Crippen LogP contribution in [0.1, 0.15) is 27.7 Å². The minimum Gasteiger partial charge on any atom is -0.495 e. The summed E-state index contributed by atoms with van der Waals surface area (Å²) in [5, 5.41) is 9.61. The number of aliphatic hydroxyl groups is 1. The quantitative estimate of drug-likeness (QED) is 0.633. The van der Waals surface area contributed by atoms with Crippen LogP contribution in [0.2, 0.25) is 0 Å². The molecule has 0 saturated carbocycles. The third-order valence-corrected chi connectivity index (χ3v) is 1.54. The predicted octanol–water partition coefficient (Wildman–Crippen LogP) is 1.94. The van der Waals surface area contributed by atoms with Gasteiger partial charge in [0, 0.05) is 0 Å². The van der Waals surface area contributed by atoms with Crippen LogP contribution in [0.5, 0.6) is 0 Å². The Kier molecular flexibility index (Phi) is 3.59. The van der Waals surface area contributed by atoms with E-state index in [1.807, 2.05) is 13.8 Å². The first kappa shape index (κ1) is 10.5. The van der Waals surface area contributed by atoms with E-state index in [0.29, 0.717) is 0 Å². The topological polar surface area (TPSA) is 29.5 Å². The fourth-order valence-corrected chi connectivity index (χ4v) is 1.24. The van der Waals surface area contributed by atoms with Crippen molar-refractivity contribution in [1.82, 2.24) is 0 Å². The fourth-order valence-electron chi connectivity index (χ4n) is 1.24. The molecule has 0 heterocycles. The molecule has 0 aromatic rings. The number of hydrogen-bond acceptors (Lipinski definition) is 2. The minimum atomic E-state index is -0.803. The Bertz CT molecular complexity index is 122. The molecule has 1 N–H and O–H groups in total. The Morgan fingerprint density at radius 3 is 2.00 bits per heavy atom.